The van der Waals surface area contributed by atoms with Crippen molar-refractivity contribution in [3.8, 4) is 44.5 Å². The van der Waals surface area contributed by atoms with E-state index in [-0.39, 0.29) is 5.41 Å². The first-order valence-electron chi connectivity index (χ1n) is 20.5. The summed E-state index contributed by atoms with van der Waals surface area (Å²) >= 11 is 1.88. The van der Waals surface area contributed by atoms with E-state index in [1.807, 2.05) is 11.3 Å². The third-order valence-corrected chi connectivity index (χ3v) is 14.4. The Labute approximate surface area is 345 Å². The molecule has 2 heteroatoms. The van der Waals surface area contributed by atoms with Crippen molar-refractivity contribution in [1.82, 2.24) is 0 Å². The van der Waals surface area contributed by atoms with Gasteiger partial charge in [-0.05, 0) is 113 Å². The molecule has 276 valence electrons. The van der Waals surface area contributed by atoms with Crippen LogP contribution in [0.5, 0.6) is 0 Å². The molecule has 0 radical (unpaired) electrons. The van der Waals surface area contributed by atoms with Crippen LogP contribution in [-0.2, 0) is 5.41 Å². The van der Waals surface area contributed by atoms with Gasteiger partial charge in [0, 0.05) is 41.7 Å². The van der Waals surface area contributed by atoms with Crippen molar-refractivity contribution in [2.24, 2.45) is 0 Å². The molecule has 12 aromatic rings. The molecule has 0 N–H and O–H groups in total. The molecule has 0 aliphatic heterocycles. The van der Waals surface area contributed by atoms with Gasteiger partial charge in [0.15, 0.2) is 0 Å². The van der Waals surface area contributed by atoms with Crippen LogP contribution < -0.4 is 0 Å². The van der Waals surface area contributed by atoms with Crippen molar-refractivity contribution >= 4 is 85.8 Å². The lowest BCUT2D eigenvalue weighted by Gasteiger charge is -2.22. The molecule has 0 fully saturated rings. The first kappa shape index (κ1) is 33.0. The molecule has 1 aliphatic rings. The number of hydrogen-bond donors (Lipinski definition) is 0. The number of hydrogen-bond acceptors (Lipinski definition) is 2. The number of rotatable bonds is 3. The van der Waals surface area contributed by atoms with Gasteiger partial charge in [-0.1, -0.05) is 166 Å². The van der Waals surface area contributed by atoms with Crippen LogP contribution in [0.4, 0.5) is 0 Å². The Bertz CT molecular complexity index is 3690. The van der Waals surface area contributed by atoms with E-state index >= 15 is 0 Å². The van der Waals surface area contributed by atoms with Gasteiger partial charge in [-0.2, -0.15) is 0 Å². The van der Waals surface area contributed by atoms with Gasteiger partial charge in [0.25, 0.3) is 0 Å². The largest absolute Gasteiger partial charge is 0.455 e. The van der Waals surface area contributed by atoms with Crippen LogP contribution in [0.1, 0.15) is 25.0 Å². The van der Waals surface area contributed by atoms with E-state index in [0.29, 0.717) is 0 Å². The maximum atomic E-state index is 6.55. The van der Waals surface area contributed by atoms with Crippen LogP contribution >= 0.6 is 11.3 Å². The van der Waals surface area contributed by atoms with Crippen molar-refractivity contribution in [2.45, 2.75) is 19.3 Å². The summed E-state index contributed by atoms with van der Waals surface area (Å²) in [6, 6.07) is 67.4. The van der Waals surface area contributed by atoms with E-state index < -0.39 is 0 Å². The van der Waals surface area contributed by atoms with Crippen molar-refractivity contribution in [1.29, 1.82) is 0 Å². The smallest absolute Gasteiger partial charge is 0.144 e. The van der Waals surface area contributed by atoms with Crippen molar-refractivity contribution < 1.29 is 4.42 Å². The summed E-state index contributed by atoms with van der Waals surface area (Å²) in [4.78, 5) is 0. The zero-order chi connectivity index (χ0) is 39.0. The molecule has 0 amide bonds. The summed E-state index contributed by atoms with van der Waals surface area (Å²) < 4.78 is 9.14. The Kier molecular flexibility index (Phi) is 6.73. The Morgan fingerprint density at radius 2 is 0.966 bits per heavy atom. The van der Waals surface area contributed by atoms with Gasteiger partial charge in [-0.3, -0.25) is 0 Å². The molecule has 1 nitrogen and oxygen atoms in total. The lowest BCUT2D eigenvalue weighted by Crippen LogP contribution is -2.15. The fourth-order valence-corrected chi connectivity index (χ4v) is 11.8. The number of thiophene rings is 1. The highest BCUT2D eigenvalue weighted by molar-refractivity contribution is 7.27. The molecule has 0 atom stereocenters. The van der Waals surface area contributed by atoms with Gasteiger partial charge in [-0.15, -0.1) is 11.3 Å². The second-order valence-corrected chi connectivity index (χ2v) is 17.8. The number of para-hydroxylation sites is 1. The van der Waals surface area contributed by atoms with Gasteiger partial charge in [0.2, 0.25) is 0 Å². The van der Waals surface area contributed by atoms with Gasteiger partial charge in [0.1, 0.15) is 11.2 Å². The zero-order valence-corrected chi connectivity index (χ0v) is 33.5. The summed E-state index contributed by atoms with van der Waals surface area (Å²) in [6.45, 7) is 4.78. The van der Waals surface area contributed by atoms with Crippen LogP contribution in [0.25, 0.3) is 119 Å². The highest BCUT2D eigenvalue weighted by Gasteiger charge is 2.36. The molecular formula is C57H36OS. The quantitative estimate of drug-likeness (QED) is 0.163. The highest BCUT2D eigenvalue weighted by atomic mass is 32.1. The minimum Gasteiger partial charge on any atom is -0.455 e. The Balaban J connectivity index is 0.980. The number of furan rings is 1. The van der Waals surface area contributed by atoms with E-state index in [9.17, 15) is 0 Å². The standard InChI is InChI=1S/C57H36OS/c1-57(2)47-28-25-36(52-40-18-8-6-16-38(40)51(33-14-4-3-5-15-33)39-17-7-9-19-41(39)52)31-45(47)37-27-24-35(32-48(37)57)34-26-29-50-46(30-34)53-42-20-10-11-21-43(42)55-54(56(53)59-50)44-22-12-13-23-49(44)58-55/h3-32H,1-2H3. The molecule has 59 heavy (non-hydrogen) atoms. The summed E-state index contributed by atoms with van der Waals surface area (Å²) in [7, 11) is 0. The summed E-state index contributed by atoms with van der Waals surface area (Å²) in [5.74, 6) is 0. The van der Waals surface area contributed by atoms with E-state index in [1.165, 1.54) is 119 Å². The van der Waals surface area contributed by atoms with Crippen molar-refractivity contribution in [3.63, 3.8) is 0 Å². The number of benzene rings is 10. The number of fused-ring (bicyclic) bond motifs is 15. The summed E-state index contributed by atoms with van der Waals surface area (Å²) in [6.07, 6.45) is 0. The molecule has 0 unspecified atom stereocenters. The molecule has 0 saturated carbocycles. The Morgan fingerprint density at radius 1 is 0.390 bits per heavy atom. The van der Waals surface area contributed by atoms with Crippen LogP contribution in [0, 0.1) is 0 Å². The Hall–Kier alpha value is -7.00. The lowest BCUT2D eigenvalue weighted by molar-refractivity contribution is 0.660. The minimum absolute atomic E-state index is 0.149. The Morgan fingerprint density at radius 3 is 1.69 bits per heavy atom. The molecule has 1 aliphatic carbocycles. The van der Waals surface area contributed by atoms with Crippen molar-refractivity contribution in [3.05, 3.63) is 193 Å². The lowest BCUT2D eigenvalue weighted by atomic mass is 9.81. The summed E-state index contributed by atoms with van der Waals surface area (Å²) in [5, 5.41) is 12.6. The molecule has 2 aromatic heterocycles. The van der Waals surface area contributed by atoms with Crippen LogP contribution in [0.2, 0.25) is 0 Å². The minimum atomic E-state index is -0.149. The highest BCUT2D eigenvalue weighted by Crippen LogP contribution is 2.53. The van der Waals surface area contributed by atoms with E-state index in [4.69, 9.17) is 4.42 Å². The third kappa shape index (κ3) is 4.55. The van der Waals surface area contributed by atoms with Crippen LogP contribution in [-0.4, -0.2) is 0 Å². The SMILES string of the molecule is CC1(C)c2ccc(-c3c4ccccc4c(-c4ccccc4)c4ccccc34)cc2-c2ccc(-c3ccc4sc5c(c4c3)c3ccccc3c3oc4ccccc4c35)cc21. The average molecular weight is 769 g/mol. The molecule has 10 aromatic carbocycles. The van der Waals surface area contributed by atoms with Gasteiger partial charge < -0.3 is 4.42 Å². The molecule has 2 heterocycles. The molecule has 0 saturated heterocycles. The van der Waals surface area contributed by atoms with Crippen LogP contribution in [0.3, 0.4) is 0 Å². The normalized spacial score (nSPS) is 13.4. The fourth-order valence-electron chi connectivity index (χ4n) is 10.5. The van der Waals surface area contributed by atoms with E-state index in [1.54, 1.807) is 0 Å². The second kappa shape index (κ2) is 12.0. The zero-order valence-electron chi connectivity index (χ0n) is 32.6. The maximum absolute atomic E-state index is 6.55. The molecule has 13 rings (SSSR count). The molecular weight excluding hydrogens is 733 g/mol. The molecule has 0 bridgehead atoms. The van der Waals surface area contributed by atoms with Crippen LogP contribution in [0.15, 0.2) is 186 Å². The first-order valence-corrected chi connectivity index (χ1v) is 21.3. The topological polar surface area (TPSA) is 13.1 Å². The first-order chi connectivity index (χ1) is 29.0. The predicted molar refractivity (Wildman–Crippen MR) is 253 cm³/mol. The van der Waals surface area contributed by atoms with Crippen molar-refractivity contribution in [2.75, 3.05) is 0 Å². The van der Waals surface area contributed by atoms with Gasteiger partial charge >= 0.3 is 0 Å². The summed E-state index contributed by atoms with van der Waals surface area (Å²) in [5.41, 5.74) is 14.8. The average Bonchev–Trinajstić information content (AvgIpc) is 3.93. The second-order valence-electron chi connectivity index (χ2n) is 16.7. The molecule has 0 spiro atoms. The van der Waals surface area contributed by atoms with Gasteiger partial charge in [-0.25, -0.2) is 0 Å². The van der Waals surface area contributed by atoms with E-state index in [2.05, 4.69) is 196 Å². The predicted octanol–water partition coefficient (Wildman–Crippen LogP) is 16.7. The maximum Gasteiger partial charge on any atom is 0.144 e. The van der Waals surface area contributed by atoms with E-state index in [0.717, 1.165) is 11.2 Å². The fraction of sp³-hybridized carbons (Fsp3) is 0.0526. The third-order valence-electron chi connectivity index (χ3n) is 13.2. The van der Waals surface area contributed by atoms with Gasteiger partial charge in [0.05, 0.1) is 0 Å². The monoisotopic (exact) mass is 768 g/mol.